The van der Waals surface area contributed by atoms with Gasteiger partial charge in [-0.25, -0.2) is 0 Å². The van der Waals surface area contributed by atoms with Crippen LogP contribution in [0.15, 0.2) is 66.9 Å². The summed E-state index contributed by atoms with van der Waals surface area (Å²) < 4.78 is 22.8. The van der Waals surface area contributed by atoms with Crippen molar-refractivity contribution in [2.24, 2.45) is 0 Å². The summed E-state index contributed by atoms with van der Waals surface area (Å²) in [6, 6.07) is 17.0. The zero-order valence-corrected chi connectivity index (χ0v) is 18.3. The highest BCUT2D eigenvalue weighted by atomic mass is 16.5. The van der Waals surface area contributed by atoms with E-state index in [2.05, 4.69) is 6.58 Å². The Kier molecular flexibility index (Phi) is 5.99. The molecule has 5 heteroatoms. The fraction of sp³-hybridized carbons (Fsp3) is 0.148. The third-order valence-corrected chi connectivity index (χ3v) is 5.37. The van der Waals surface area contributed by atoms with Crippen LogP contribution in [-0.2, 0) is 6.61 Å². The molecule has 0 N–H and O–H groups in total. The van der Waals surface area contributed by atoms with Crippen LogP contribution in [0, 0.1) is 6.92 Å². The molecule has 4 rings (SSSR count). The lowest BCUT2D eigenvalue weighted by Gasteiger charge is -2.12. The molecular weight excluding hydrogens is 404 g/mol. The highest BCUT2D eigenvalue weighted by molar-refractivity contribution is 6.15. The van der Waals surface area contributed by atoms with Gasteiger partial charge in [0, 0.05) is 11.1 Å². The minimum absolute atomic E-state index is 0.181. The van der Waals surface area contributed by atoms with Crippen LogP contribution in [0.5, 0.6) is 23.0 Å². The number of methoxy groups -OCH3 is 2. The number of carbonyl (C=O) groups excluding carboxylic acids is 1. The molecule has 0 saturated heterocycles. The summed E-state index contributed by atoms with van der Waals surface area (Å²) >= 11 is 0. The number of benzene rings is 3. The number of carbonyl (C=O) groups is 1. The summed E-state index contributed by atoms with van der Waals surface area (Å²) in [4.78, 5) is 12.9. The Bertz CT molecular complexity index is 1210. The van der Waals surface area contributed by atoms with Crippen LogP contribution in [0.25, 0.3) is 12.2 Å². The molecule has 3 aromatic carbocycles. The van der Waals surface area contributed by atoms with E-state index in [4.69, 9.17) is 18.9 Å². The summed E-state index contributed by atoms with van der Waals surface area (Å²) in [5, 5.41) is 0. The maximum Gasteiger partial charge on any atom is 0.231 e. The Hall–Kier alpha value is -3.99. The second kappa shape index (κ2) is 9.02. The Labute approximate surface area is 187 Å². The standard InChI is InChI=1S/C27H24O5/c1-5-18-9-11-19(12-10-18)16-31-22-14-13-21-25(28)24(32-26(21)17(22)2)15-20-7-6-8-23(29-3)27(20)30-4/h5-15H,1,16H2,2-4H3/b24-15-. The van der Waals surface area contributed by atoms with Crippen molar-refractivity contribution in [1.82, 2.24) is 0 Å². The van der Waals surface area contributed by atoms with E-state index in [0.717, 1.165) is 16.7 Å². The second-order valence-electron chi connectivity index (χ2n) is 7.32. The number of ketones is 1. The van der Waals surface area contributed by atoms with Gasteiger partial charge in [0.2, 0.25) is 5.78 Å². The maximum absolute atomic E-state index is 12.9. The van der Waals surface area contributed by atoms with Crippen molar-refractivity contribution in [3.05, 3.63) is 94.8 Å². The average molecular weight is 428 g/mol. The number of Topliss-reactive ketones (excluding diaryl/α,β-unsaturated/α-hetero) is 1. The van der Waals surface area contributed by atoms with Crippen molar-refractivity contribution in [3.63, 3.8) is 0 Å². The zero-order chi connectivity index (χ0) is 22.7. The Morgan fingerprint density at radius 1 is 0.969 bits per heavy atom. The van der Waals surface area contributed by atoms with E-state index in [1.807, 2.05) is 49.4 Å². The molecule has 0 bridgehead atoms. The Morgan fingerprint density at radius 3 is 2.44 bits per heavy atom. The molecule has 0 amide bonds. The molecular formula is C27H24O5. The van der Waals surface area contributed by atoms with Crippen LogP contribution < -0.4 is 18.9 Å². The van der Waals surface area contributed by atoms with Crippen molar-refractivity contribution in [3.8, 4) is 23.0 Å². The molecule has 1 heterocycles. The molecule has 0 fully saturated rings. The second-order valence-corrected chi connectivity index (χ2v) is 7.32. The van der Waals surface area contributed by atoms with E-state index in [0.29, 0.717) is 40.7 Å². The van der Waals surface area contributed by atoms with E-state index < -0.39 is 0 Å². The van der Waals surface area contributed by atoms with Gasteiger partial charge in [-0.1, -0.05) is 49.1 Å². The van der Waals surface area contributed by atoms with Gasteiger partial charge in [0.25, 0.3) is 0 Å². The molecule has 0 aromatic heterocycles. The number of rotatable bonds is 7. The van der Waals surface area contributed by atoms with Crippen molar-refractivity contribution in [2.45, 2.75) is 13.5 Å². The molecule has 0 aliphatic carbocycles. The SMILES string of the molecule is C=Cc1ccc(COc2ccc3c(c2C)O/C(=C\c2cccc(OC)c2OC)C3=O)cc1. The number of ether oxygens (including phenoxy) is 4. The van der Waals surface area contributed by atoms with Crippen LogP contribution in [0.3, 0.4) is 0 Å². The first-order valence-corrected chi connectivity index (χ1v) is 10.2. The van der Waals surface area contributed by atoms with Crippen LogP contribution in [0.2, 0.25) is 0 Å². The van der Waals surface area contributed by atoms with Gasteiger partial charge < -0.3 is 18.9 Å². The van der Waals surface area contributed by atoms with E-state index in [1.165, 1.54) is 0 Å². The van der Waals surface area contributed by atoms with Crippen molar-refractivity contribution < 1.29 is 23.7 Å². The number of hydrogen-bond donors (Lipinski definition) is 0. The van der Waals surface area contributed by atoms with E-state index in [1.54, 1.807) is 38.5 Å². The third kappa shape index (κ3) is 3.97. The lowest BCUT2D eigenvalue weighted by molar-refractivity contribution is 0.101. The first-order chi connectivity index (χ1) is 15.5. The van der Waals surface area contributed by atoms with Crippen molar-refractivity contribution in [1.29, 1.82) is 0 Å². The van der Waals surface area contributed by atoms with Crippen molar-refractivity contribution >= 4 is 17.9 Å². The molecule has 1 aliphatic heterocycles. The summed E-state index contributed by atoms with van der Waals surface area (Å²) in [6.07, 6.45) is 3.47. The Morgan fingerprint density at radius 2 is 1.75 bits per heavy atom. The smallest absolute Gasteiger partial charge is 0.231 e. The first kappa shape index (κ1) is 21.2. The van der Waals surface area contributed by atoms with Gasteiger partial charge in [-0.15, -0.1) is 0 Å². The van der Waals surface area contributed by atoms with Crippen LogP contribution in [0.1, 0.15) is 32.6 Å². The van der Waals surface area contributed by atoms with Gasteiger partial charge in [-0.05, 0) is 42.3 Å². The highest BCUT2D eigenvalue weighted by Gasteiger charge is 2.30. The molecule has 0 spiro atoms. The molecule has 0 unspecified atom stereocenters. The molecule has 162 valence electrons. The minimum atomic E-state index is -0.181. The van der Waals surface area contributed by atoms with Crippen LogP contribution in [0.4, 0.5) is 0 Å². The summed E-state index contributed by atoms with van der Waals surface area (Å²) in [7, 11) is 3.13. The summed E-state index contributed by atoms with van der Waals surface area (Å²) in [5.41, 5.74) is 4.08. The lowest BCUT2D eigenvalue weighted by Crippen LogP contribution is -1.99. The van der Waals surface area contributed by atoms with Gasteiger partial charge in [0.1, 0.15) is 18.1 Å². The van der Waals surface area contributed by atoms with Gasteiger partial charge >= 0.3 is 0 Å². The predicted molar refractivity (Wildman–Crippen MR) is 125 cm³/mol. The molecule has 32 heavy (non-hydrogen) atoms. The lowest BCUT2D eigenvalue weighted by atomic mass is 10.1. The first-order valence-electron chi connectivity index (χ1n) is 10.2. The summed E-state index contributed by atoms with van der Waals surface area (Å²) in [5.74, 6) is 2.36. The van der Waals surface area contributed by atoms with Gasteiger partial charge in [-0.2, -0.15) is 0 Å². The molecule has 5 nitrogen and oxygen atoms in total. The normalized spacial score (nSPS) is 13.5. The van der Waals surface area contributed by atoms with E-state index in [-0.39, 0.29) is 11.5 Å². The number of hydrogen-bond acceptors (Lipinski definition) is 5. The highest BCUT2D eigenvalue weighted by Crippen LogP contribution is 2.40. The van der Waals surface area contributed by atoms with Gasteiger partial charge in [0.05, 0.1) is 19.8 Å². The number of allylic oxidation sites excluding steroid dienone is 1. The zero-order valence-electron chi connectivity index (χ0n) is 18.3. The summed E-state index contributed by atoms with van der Waals surface area (Å²) in [6.45, 7) is 6.06. The monoisotopic (exact) mass is 428 g/mol. The topological polar surface area (TPSA) is 54.0 Å². The minimum Gasteiger partial charge on any atom is -0.493 e. The van der Waals surface area contributed by atoms with Crippen LogP contribution in [-0.4, -0.2) is 20.0 Å². The predicted octanol–water partition coefficient (Wildman–Crippen LogP) is 5.85. The van der Waals surface area contributed by atoms with E-state index >= 15 is 0 Å². The fourth-order valence-electron chi connectivity index (χ4n) is 3.60. The van der Waals surface area contributed by atoms with Crippen molar-refractivity contribution in [2.75, 3.05) is 14.2 Å². The molecule has 1 aliphatic rings. The Balaban J connectivity index is 1.58. The molecule has 3 aromatic rings. The van der Waals surface area contributed by atoms with Gasteiger partial charge in [-0.3, -0.25) is 4.79 Å². The number of para-hydroxylation sites is 1. The van der Waals surface area contributed by atoms with Gasteiger partial charge in [0.15, 0.2) is 17.3 Å². The largest absolute Gasteiger partial charge is 0.493 e. The molecule has 0 atom stereocenters. The van der Waals surface area contributed by atoms with E-state index in [9.17, 15) is 4.79 Å². The van der Waals surface area contributed by atoms with Crippen LogP contribution >= 0.6 is 0 Å². The third-order valence-electron chi connectivity index (χ3n) is 5.37. The maximum atomic E-state index is 12.9. The quantitative estimate of drug-likeness (QED) is 0.442. The molecule has 0 saturated carbocycles. The average Bonchev–Trinajstić information content (AvgIpc) is 3.14. The molecule has 0 radical (unpaired) electrons. The fourth-order valence-corrected chi connectivity index (χ4v) is 3.60. The number of fused-ring (bicyclic) bond motifs is 1.